The fraction of sp³-hybridized carbons (Fsp3) is 0.500. The fourth-order valence-corrected chi connectivity index (χ4v) is 0. The van der Waals surface area contributed by atoms with Crippen LogP contribution in [0.5, 0.6) is 0 Å². The van der Waals surface area contributed by atoms with E-state index in [0.717, 1.165) is 13.8 Å². The zero-order chi connectivity index (χ0) is 9.86. The van der Waals surface area contributed by atoms with E-state index in [-0.39, 0.29) is 12.3 Å². The Bertz CT molecular complexity index is 96.3. The Hall–Kier alpha value is 0.128. The Kier molecular flexibility index (Phi) is 66.5. The van der Waals surface area contributed by atoms with Crippen LogP contribution in [0.15, 0.2) is 0 Å². The van der Waals surface area contributed by atoms with Gasteiger partial charge in [0.1, 0.15) is 0 Å². The minimum atomic E-state index is -0.833. The average Bonchev–Trinajstić information content (AvgIpc) is 1.60. The Balaban J connectivity index is -0.0000000231. The van der Waals surface area contributed by atoms with Crippen LogP contribution < -0.4 is 0 Å². The first-order valence-electron chi connectivity index (χ1n) is 2.09. The monoisotopic (exact) mass is 417 g/mol. The van der Waals surface area contributed by atoms with Gasteiger partial charge in [0.2, 0.25) is 0 Å². The number of rotatable bonds is 0. The van der Waals surface area contributed by atoms with Gasteiger partial charge in [-0.1, -0.05) is 0 Å². The number of aliphatic carboxylic acids is 2. The van der Waals surface area contributed by atoms with E-state index in [1.54, 1.807) is 0 Å². The van der Waals surface area contributed by atoms with Gasteiger partial charge in [0.25, 0.3) is 11.9 Å². The molecule has 0 rings (SSSR count). The van der Waals surface area contributed by atoms with E-state index in [4.69, 9.17) is 38.6 Å². The molecule has 0 fully saturated rings. The van der Waals surface area contributed by atoms with Gasteiger partial charge in [-0.05, 0) is 0 Å². The Labute approximate surface area is 93.2 Å². The minimum Gasteiger partial charge on any atom is -0.693 e. The molecule has 86 valence electrons. The van der Waals surface area contributed by atoms with Crippen molar-refractivity contribution in [3.63, 3.8) is 0 Å². The third-order valence-electron chi connectivity index (χ3n) is 0. The number of carboxylic acids is 2. The van der Waals surface area contributed by atoms with E-state index >= 15 is 0 Å². The van der Waals surface area contributed by atoms with Gasteiger partial charge < -0.3 is 22.5 Å². The maximum Gasteiger partial charge on any atom is -0.693 e. The number of hydrogen-bond donors (Lipinski definition) is 2. The zero-order valence-corrected chi connectivity index (χ0v) is 10.7. The molecule has 0 saturated heterocycles. The molecule has 0 atom stereocenters. The van der Waals surface area contributed by atoms with Crippen molar-refractivity contribution in [2.45, 2.75) is 13.8 Å². The SMILES string of the molecule is CC(=O)O.CC(=O)O.[Cl][Pt+2][Cl].[NH2-].[NH2-]. The molecule has 0 aliphatic carbocycles. The van der Waals surface area contributed by atoms with Gasteiger partial charge in [0.05, 0.1) is 0 Å². The quantitative estimate of drug-likeness (QED) is 0.624. The minimum absolute atomic E-state index is 0. The smallest absolute Gasteiger partial charge is 0.693 e. The van der Waals surface area contributed by atoms with Crippen molar-refractivity contribution in [3.05, 3.63) is 12.3 Å². The molecule has 0 aliphatic heterocycles. The number of nitrogens with two attached hydrogens (primary N) is 2. The van der Waals surface area contributed by atoms with E-state index in [1.165, 1.54) is 0 Å². The van der Waals surface area contributed by atoms with Crippen LogP contribution in [0.2, 0.25) is 0 Å². The molecule has 0 heterocycles. The van der Waals surface area contributed by atoms with Crippen molar-refractivity contribution in [2.75, 3.05) is 0 Å². The average molecular weight is 418 g/mol. The van der Waals surface area contributed by atoms with Crippen LogP contribution in [0.1, 0.15) is 13.8 Å². The Morgan fingerprint density at radius 3 is 1.00 bits per heavy atom. The van der Waals surface area contributed by atoms with Crippen molar-refractivity contribution >= 4 is 30.8 Å². The summed E-state index contributed by atoms with van der Waals surface area (Å²) in [5, 5.41) is 14.8. The van der Waals surface area contributed by atoms with E-state index in [2.05, 4.69) is 0 Å². The molecule has 0 amide bonds. The van der Waals surface area contributed by atoms with E-state index < -0.39 is 28.4 Å². The first-order valence-corrected chi connectivity index (χ1v) is 7.73. The van der Waals surface area contributed by atoms with Gasteiger partial charge in [0, 0.05) is 13.8 Å². The molecule has 0 saturated carbocycles. The Morgan fingerprint density at radius 2 is 1.00 bits per heavy atom. The van der Waals surface area contributed by atoms with Crippen LogP contribution in [0.3, 0.4) is 0 Å². The summed E-state index contributed by atoms with van der Waals surface area (Å²) < 4.78 is 0. The molecule has 0 aromatic heterocycles. The molecule has 0 spiro atoms. The zero-order valence-electron chi connectivity index (χ0n) is 6.94. The predicted molar refractivity (Wildman–Crippen MR) is 48.9 cm³/mol. The summed E-state index contributed by atoms with van der Waals surface area (Å²) >= 11 is -0.472. The molecule has 0 aromatic rings. The standard InChI is InChI=1S/2C2H4O2.2ClH.2H2N.Pt/c2*1-2(3)4;;;;;/h2*1H3,(H,3,4);2*1H;2*1H2;/q;;;;2*-1;+4/p-2. The van der Waals surface area contributed by atoms with Crippen molar-refractivity contribution in [2.24, 2.45) is 0 Å². The summed E-state index contributed by atoms with van der Waals surface area (Å²) in [4.78, 5) is 18.0. The normalized spacial score (nSPS) is 5.54. The van der Waals surface area contributed by atoms with Crippen LogP contribution in [0.25, 0.3) is 12.3 Å². The van der Waals surface area contributed by atoms with Gasteiger partial charge in [-0.25, -0.2) is 0 Å². The van der Waals surface area contributed by atoms with Gasteiger partial charge in [-0.3, -0.25) is 9.59 Å². The number of carboxylic acid groups (broad SMARTS) is 2. The number of hydrogen-bond acceptors (Lipinski definition) is 2. The molecule has 0 bridgehead atoms. The van der Waals surface area contributed by atoms with Crippen LogP contribution in [-0.2, 0) is 26.1 Å². The predicted octanol–water partition coefficient (Wildman–Crippen LogP) is 2.99. The fourth-order valence-electron chi connectivity index (χ4n) is 0. The van der Waals surface area contributed by atoms with E-state index in [1.807, 2.05) is 0 Å². The third-order valence-corrected chi connectivity index (χ3v) is 0. The summed E-state index contributed by atoms with van der Waals surface area (Å²) in [6.45, 7) is 2.17. The first kappa shape index (κ1) is 29.2. The molecule has 0 unspecified atom stereocenters. The van der Waals surface area contributed by atoms with Gasteiger partial charge in [-0.15, -0.1) is 0 Å². The largest absolute Gasteiger partial charge is 0.693 e. The summed E-state index contributed by atoms with van der Waals surface area (Å²) in [5.41, 5.74) is 0. The van der Waals surface area contributed by atoms with Gasteiger partial charge in [-0.2, -0.15) is 0 Å². The second-order valence-corrected chi connectivity index (χ2v) is 4.37. The molecular formula is C4H12Cl2N2O4Pt. The molecule has 0 aliphatic rings. The molecule has 13 heavy (non-hydrogen) atoms. The third kappa shape index (κ3) is 75600. The molecule has 6 nitrogen and oxygen atoms in total. The van der Waals surface area contributed by atoms with Crippen molar-refractivity contribution < 1.29 is 36.3 Å². The summed E-state index contributed by atoms with van der Waals surface area (Å²) in [6.07, 6.45) is 0. The molecule has 6 N–H and O–H groups in total. The van der Waals surface area contributed by atoms with E-state index in [9.17, 15) is 0 Å². The summed E-state index contributed by atoms with van der Waals surface area (Å²) in [6, 6.07) is 0. The van der Waals surface area contributed by atoms with Crippen LogP contribution in [0.4, 0.5) is 0 Å². The molecular weight excluding hydrogens is 406 g/mol. The number of halogens is 2. The maximum atomic E-state index is 9.00. The van der Waals surface area contributed by atoms with Crippen LogP contribution in [-0.4, -0.2) is 22.2 Å². The van der Waals surface area contributed by atoms with Gasteiger partial charge in [0.15, 0.2) is 0 Å². The van der Waals surface area contributed by atoms with Crippen LogP contribution >= 0.6 is 18.8 Å². The summed E-state index contributed by atoms with van der Waals surface area (Å²) in [5.74, 6) is -1.67. The Morgan fingerprint density at radius 1 is 1.00 bits per heavy atom. The molecule has 0 aromatic carbocycles. The molecule has 0 radical (unpaired) electrons. The van der Waals surface area contributed by atoms with Crippen molar-refractivity contribution in [1.29, 1.82) is 0 Å². The van der Waals surface area contributed by atoms with Gasteiger partial charge >= 0.3 is 35.3 Å². The second kappa shape index (κ2) is 29.6. The summed E-state index contributed by atoms with van der Waals surface area (Å²) in [7, 11) is 9.75. The van der Waals surface area contributed by atoms with Crippen LogP contribution in [0, 0.1) is 0 Å². The van der Waals surface area contributed by atoms with Crippen molar-refractivity contribution in [1.82, 2.24) is 0 Å². The van der Waals surface area contributed by atoms with Crippen molar-refractivity contribution in [3.8, 4) is 0 Å². The topological polar surface area (TPSA) is 142 Å². The number of carbonyl (C=O) groups is 2. The van der Waals surface area contributed by atoms with E-state index in [0.29, 0.717) is 0 Å². The maximum absolute atomic E-state index is 9.00. The first-order chi connectivity index (χ1) is 4.88. The second-order valence-electron chi connectivity index (χ2n) is 1.08. The molecule has 9 heteroatoms.